The lowest BCUT2D eigenvalue weighted by Crippen LogP contribution is -2.55. The maximum Gasteiger partial charge on any atom is 0.237 e. The molecular weight excluding hydrogens is 238 g/mol. The van der Waals surface area contributed by atoms with Crippen LogP contribution >= 0.6 is 0 Å². The van der Waals surface area contributed by atoms with Crippen molar-refractivity contribution in [2.75, 3.05) is 20.1 Å². The van der Waals surface area contributed by atoms with Crippen molar-refractivity contribution in [2.45, 2.75) is 71.4 Å². The van der Waals surface area contributed by atoms with Crippen LogP contribution in [0, 0.1) is 0 Å². The van der Waals surface area contributed by atoms with E-state index in [0.29, 0.717) is 0 Å². The van der Waals surface area contributed by atoms with Crippen LogP contribution in [0.3, 0.4) is 0 Å². The summed E-state index contributed by atoms with van der Waals surface area (Å²) >= 11 is 0. The fourth-order valence-corrected chi connectivity index (χ4v) is 2.30. The van der Waals surface area contributed by atoms with E-state index in [9.17, 15) is 4.79 Å². The summed E-state index contributed by atoms with van der Waals surface area (Å²) < 4.78 is 0. The molecule has 0 radical (unpaired) electrons. The molecule has 0 aliphatic heterocycles. The minimum atomic E-state index is -0.573. The standard InChI is InChI=1S/C15H33N3O/c1-6-7-11-18(5)12-9-8-10-15(4,14(16)19)17-13(2)3/h13,17H,6-12H2,1-5H3,(H2,16,19). The molecule has 1 unspecified atom stereocenters. The highest BCUT2D eigenvalue weighted by atomic mass is 16.1. The fraction of sp³-hybridized carbons (Fsp3) is 0.933. The highest BCUT2D eigenvalue weighted by Gasteiger charge is 2.30. The second kappa shape index (κ2) is 9.32. The third kappa shape index (κ3) is 8.22. The zero-order chi connectivity index (χ0) is 14.9. The van der Waals surface area contributed by atoms with E-state index in [1.54, 1.807) is 0 Å². The van der Waals surface area contributed by atoms with E-state index < -0.39 is 5.54 Å². The SMILES string of the molecule is CCCCN(C)CCCCC(C)(NC(C)C)C(N)=O. The quantitative estimate of drug-likeness (QED) is 0.566. The Labute approximate surface area is 119 Å². The van der Waals surface area contributed by atoms with Gasteiger partial charge in [0.25, 0.3) is 0 Å². The Morgan fingerprint density at radius 2 is 1.84 bits per heavy atom. The molecule has 114 valence electrons. The average molecular weight is 271 g/mol. The Morgan fingerprint density at radius 1 is 1.26 bits per heavy atom. The Balaban J connectivity index is 3.97. The molecule has 0 aromatic carbocycles. The Bertz CT molecular complexity index is 256. The first-order valence-electron chi connectivity index (χ1n) is 7.58. The smallest absolute Gasteiger partial charge is 0.237 e. The number of nitrogens with zero attached hydrogens (tertiary/aromatic N) is 1. The van der Waals surface area contributed by atoms with E-state index in [2.05, 4.69) is 24.2 Å². The number of carbonyl (C=O) groups is 1. The van der Waals surface area contributed by atoms with Gasteiger partial charge in [-0.2, -0.15) is 0 Å². The summed E-state index contributed by atoms with van der Waals surface area (Å²) in [6.45, 7) is 10.5. The maximum absolute atomic E-state index is 11.6. The summed E-state index contributed by atoms with van der Waals surface area (Å²) in [5.74, 6) is -0.250. The zero-order valence-electron chi connectivity index (χ0n) is 13.5. The van der Waals surface area contributed by atoms with Crippen molar-refractivity contribution in [3.05, 3.63) is 0 Å². The van der Waals surface area contributed by atoms with Crippen LogP contribution in [0.1, 0.15) is 59.8 Å². The molecule has 0 aliphatic carbocycles. The number of amides is 1. The second-order valence-corrected chi connectivity index (χ2v) is 6.11. The van der Waals surface area contributed by atoms with Crippen LogP contribution in [0.2, 0.25) is 0 Å². The number of unbranched alkanes of at least 4 members (excludes halogenated alkanes) is 2. The predicted molar refractivity (Wildman–Crippen MR) is 82.1 cm³/mol. The summed E-state index contributed by atoms with van der Waals surface area (Å²) in [6, 6.07) is 0.268. The predicted octanol–water partition coefficient (Wildman–Crippen LogP) is 2.13. The van der Waals surface area contributed by atoms with Gasteiger partial charge in [-0.15, -0.1) is 0 Å². The van der Waals surface area contributed by atoms with E-state index in [4.69, 9.17) is 5.73 Å². The first-order valence-corrected chi connectivity index (χ1v) is 7.58. The van der Waals surface area contributed by atoms with Crippen LogP contribution in [0.25, 0.3) is 0 Å². The van der Waals surface area contributed by atoms with Gasteiger partial charge in [-0.3, -0.25) is 4.79 Å². The third-order valence-electron chi connectivity index (χ3n) is 3.51. The molecule has 0 aromatic heterocycles. The summed E-state index contributed by atoms with van der Waals surface area (Å²) in [4.78, 5) is 13.9. The molecule has 0 aliphatic rings. The molecule has 4 heteroatoms. The third-order valence-corrected chi connectivity index (χ3v) is 3.51. The number of rotatable bonds is 11. The maximum atomic E-state index is 11.6. The van der Waals surface area contributed by atoms with Gasteiger partial charge in [0.1, 0.15) is 0 Å². The van der Waals surface area contributed by atoms with Gasteiger partial charge in [-0.05, 0) is 66.6 Å². The molecule has 1 atom stereocenters. The number of nitrogens with one attached hydrogen (secondary N) is 1. The van der Waals surface area contributed by atoms with E-state index in [-0.39, 0.29) is 11.9 Å². The van der Waals surface area contributed by atoms with Gasteiger partial charge in [0.05, 0.1) is 5.54 Å². The fourth-order valence-electron chi connectivity index (χ4n) is 2.30. The lowest BCUT2D eigenvalue weighted by molar-refractivity contribution is -0.124. The molecule has 0 bridgehead atoms. The first kappa shape index (κ1) is 18.4. The van der Waals surface area contributed by atoms with Gasteiger partial charge in [-0.1, -0.05) is 13.3 Å². The Hall–Kier alpha value is -0.610. The highest BCUT2D eigenvalue weighted by Crippen LogP contribution is 2.15. The first-order chi connectivity index (χ1) is 8.81. The average Bonchev–Trinajstić information content (AvgIpc) is 2.31. The van der Waals surface area contributed by atoms with Crippen LogP contribution in [-0.4, -0.2) is 42.5 Å². The van der Waals surface area contributed by atoms with Crippen molar-refractivity contribution in [2.24, 2.45) is 5.73 Å². The molecule has 3 N–H and O–H groups in total. The Kier molecular flexibility index (Phi) is 9.02. The number of nitrogens with two attached hydrogens (primary N) is 1. The van der Waals surface area contributed by atoms with Crippen molar-refractivity contribution in [3.8, 4) is 0 Å². The van der Waals surface area contributed by atoms with E-state index >= 15 is 0 Å². The minimum absolute atomic E-state index is 0.250. The van der Waals surface area contributed by atoms with Gasteiger partial charge in [-0.25, -0.2) is 0 Å². The summed E-state index contributed by atoms with van der Waals surface area (Å²) in [6.07, 6.45) is 5.44. The number of hydrogen-bond acceptors (Lipinski definition) is 3. The van der Waals surface area contributed by atoms with Crippen LogP contribution < -0.4 is 11.1 Å². The van der Waals surface area contributed by atoms with E-state index in [1.807, 2.05) is 20.8 Å². The van der Waals surface area contributed by atoms with Crippen molar-refractivity contribution in [1.29, 1.82) is 0 Å². The summed E-state index contributed by atoms with van der Waals surface area (Å²) in [5.41, 5.74) is 4.94. The lowest BCUT2D eigenvalue weighted by Gasteiger charge is -2.30. The van der Waals surface area contributed by atoms with Gasteiger partial charge < -0.3 is 16.0 Å². The number of hydrogen-bond donors (Lipinski definition) is 2. The summed E-state index contributed by atoms with van der Waals surface area (Å²) in [5, 5.41) is 3.29. The van der Waals surface area contributed by atoms with Crippen LogP contribution in [0.4, 0.5) is 0 Å². The van der Waals surface area contributed by atoms with Crippen molar-refractivity contribution in [3.63, 3.8) is 0 Å². The molecule has 0 heterocycles. The molecule has 0 saturated heterocycles. The van der Waals surface area contributed by atoms with Crippen molar-refractivity contribution >= 4 is 5.91 Å². The van der Waals surface area contributed by atoms with Crippen molar-refractivity contribution in [1.82, 2.24) is 10.2 Å². The van der Waals surface area contributed by atoms with Crippen LogP contribution in [0.5, 0.6) is 0 Å². The largest absolute Gasteiger partial charge is 0.368 e. The number of carbonyl (C=O) groups excluding carboxylic acids is 1. The van der Waals surface area contributed by atoms with Crippen LogP contribution in [0.15, 0.2) is 0 Å². The monoisotopic (exact) mass is 271 g/mol. The molecule has 0 saturated carbocycles. The molecule has 0 spiro atoms. The molecule has 19 heavy (non-hydrogen) atoms. The van der Waals surface area contributed by atoms with Gasteiger partial charge in [0.2, 0.25) is 5.91 Å². The normalized spacial score (nSPS) is 14.9. The second-order valence-electron chi connectivity index (χ2n) is 6.11. The topological polar surface area (TPSA) is 58.4 Å². The molecular formula is C15H33N3O. The van der Waals surface area contributed by atoms with Crippen LogP contribution in [-0.2, 0) is 4.79 Å². The van der Waals surface area contributed by atoms with Gasteiger partial charge >= 0.3 is 0 Å². The Morgan fingerprint density at radius 3 is 2.32 bits per heavy atom. The van der Waals surface area contributed by atoms with E-state index in [1.165, 1.54) is 12.8 Å². The van der Waals surface area contributed by atoms with Gasteiger partial charge in [0, 0.05) is 6.04 Å². The van der Waals surface area contributed by atoms with Crippen molar-refractivity contribution < 1.29 is 4.79 Å². The molecule has 1 amide bonds. The summed E-state index contributed by atoms with van der Waals surface area (Å²) in [7, 11) is 2.16. The molecule has 0 rings (SSSR count). The minimum Gasteiger partial charge on any atom is -0.368 e. The molecule has 0 aromatic rings. The zero-order valence-corrected chi connectivity index (χ0v) is 13.5. The number of primary amides is 1. The molecule has 0 fully saturated rings. The molecule has 4 nitrogen and oxygen atoms in total. The highest BCUT2D eigenvalue weighted by molar-refractivity contribution is 5.84. The lowest BCUT2D eigenvalue weighted by atomic mass is 9.93. The van der Waals surface area contributed by atoms with Gasteiger partial charge in [0.15, 0.2) is 0 Å². The van der Waals surface area contributed by atoms with E-state index in [0.717, 1.165) is 32.4 Å².